The summed E-state index contributed by atoms with van der Waals surface area (Å²) in [6.07, 6.45) is 3.84. The molecular formula is C32H39N3O3. The molecule has 1 saturated heterocycles. The van der Waals surface area contributed by atoms with E-state index in [0.29, 0.717) is 19.6 Å². The van der Waals surface area contributed by atoms with Crippen LogP contribution >= 0.6 is 0 Å². The molecule has 0 unspecified atom stereocenters. The number of urea groups is 1. The van der Waals surface area contributed by atoms with Crippen molar-refractivity contribution in [3.63, 3.8) is 0 Å². The fraction of sp³-hybridized carbons (Fsp3) is 0.406. The number of rotatable bonds is 8. The third-order valence-corrected chi connectivity index (χ3v) is 8.81. The van der Waals surface area contributed by atoms with E-state index in [1.54, 1.807) is 14.2 Å². The lowest BCUT2D eigenvalue weighted by molar-refractivity contribution is 0.0219. The number of nitrogens with zero attached hydrogens (tertiary/aromatic N) is 3. The highest BCUT2D eigenvalue weighted by atomic mass is 16.5. The summed E-state index contributed by atoms with van der Waals surface area (Å²) in [7, 11) is 7.75. The fourth-order valence-electron chi connectivity index (χ4n) is 6.58. The highest BCUT2D eigenvalue weighted by Gasteiger charge is 2.54. The van der Waals surface area contributed by atoms with Crippen LogP contribution in [0, 0.1) is 0 Å². The van der Waals surface area contributed by atoms with Crippen molar-refractivity contribution >= 4 is 6.03 Å². The molecule has 2 aliphatic rings. The second-order valence-corrected chi connectivity index (χ2v) is 10.9. The number of hydrogen-bond donors (Lipinski definition) is 0. The van der Waals surface area contributed by atoms with E-state index in [1.165, 1.54) is 5.56 Å². The van der Waals surface area contributed by atoms with Crippen LogP contribution in [-0.4, -0.2) is 61.1 Å². The van der Waals surface area contributed by atoms with Crippen LogP contribution in [0.25, 0.3) is 0 Å². The molecule has 0 aromatic heterocycles. The van der Waals surface area contributed by atoms with Gasteiger partial charge < -0.3 is 19.3 Å². The van der Waals surface area contributed by atoms with Crippen molar-refractivity contribution in [2.24, 2.45) is 0 Å². The Morgan fingerprint density at radius 2 is 1.26 bits per heavy atom. The Balaban J connectivity index is 1.48. The highest BCUT2D eigenvalue weighted by molar-refractivity contribution is 5.78. The molecule has 200 valence electrons. The third kappa shape index (κ3) is 4.62. The van der Waals surface area contributed by atoms with Crippen molar-refractivity contribution in [1.82, 2.24) is 14.7 Å². The monoisotopic (exact) mass is 513 g/mol. The summed E-state index contributed by atoms with van der Waals surface area (Å²) in [5.41, 5.74) is 3.14. The zero-order chi connectivity index (χ0) is 26.8. The summed E-state index contributed by atoms with van der Waals surface area (Å²) < 4.78 is 11.3. The summed E-state index contributed by atoms with van der Waals surface area (Å²) in [6.45, 7) is 1.77. The quantitative estimate of drug-likeness (QED) is 0.376. The van der Waals surface area contributed by atoms with Gasteiger partial charge in [0.05, 0.1) is 32.8 Å². The van der Waals surface area contributed by atoms with Gasteiger partial charge in [0.2, 0.25) is 0 Å². The number of methoxy groups -OCH3 is 2. The SMILES string of the molecule is COc1ccccc1CN1C[C@]2(CC[C@@](c3ccccc3)(N(C)C)CC2)N(Cc2ccccc2OC)C1=O. The highest BCUT2D eigenvalue weighted by Crippen LogP contribution is 2.49. The van der Waals surface area contributed by atoms with E-state index in [1.807, 2.05) is 41.3 Å². The second-order valence-electron chi connectivity index (χ2n) is 10.9. The van der Waals surface area contributed by atoms with Crippen LogP contribution in [0.4, 0.5) is 4.79 Å². The van der Waals surface area contributed by atoms with Gasteiger partial charge in [-0.25, -0.2) is 4.79 Å². The average Bonchev–Trinajstić information content (AvgIpc) is 3.20. The number of carbonyl (C=O) groups is 1. The van der Waals surface area contributed by atoms with Crippen LogP contribution in [0.5, 0.6) is 11.5 Å². The van der Waals surface area contributed by atoms with Gasteiger partial charge in [-0.05, 0) is 57.5 Å². The van der Waals surface area contributed by atoms with Crippen molar-refractivity contribution < 1.29 is 14.3 Å². The Labute approximate surface area is 226 Å². The fourth-order valence-corrected chi connectivity index (χ4v) is 6.58. The van der Waals surface area contributed by atoms with Crippen molar-refractivity contribution in [2.75, 3.05) is 34.9 Å². The number of hydrogen-bond acceptors (Lipinski definition) is 4. The van der Waals surface area contributed by atoms with Gasteiger partial charge in [-0.1, -0.05) is 66.7 Å². The Kier molecular flexibility index (Phi) is 7.35. The van der Waals surface area contributed by atoms with Crippen molar-refractivity contribution in [1.29, 1.82) is 0 Å². The van der Waals surface area contributed by atoms with Crippen LogP contribution in [-0.2, 0) is 18.6 Å². The van der Waals surface area contributed by atoms with E-state index >= 15 is 0 Å². The second kappa shape index (κ2) is 10.7. The van der Waals surface area contributed by atoms with Crippen LogP contribution in [0.2, 0.25) is 0 Å². The van der Waals surface area contributed by atoms with E-state index in [2.05, 4.69) is 66.4 Å². The van der Waals surface area contributed by atoms with Crippen LogP contribution < -0.4 is 9.47 Å². The lowest BCUT2D eigenvalue weighted by Gasteiger charge is -2.51. The Morgan fingerprint density at radius 1 is 0.737 bits per heavy atom. The van der Waals surface area contributed by atoms with Crippen LogP contribution in [0.1, 0.15) is 42.4 Å². The maximum Gasteiger partial charge on any atom is 0.321 e. The van der Waals surface area contributed by atoms with Gasteiger partial charge in [-0.3, -0.25) is 4.90 Å². The summed E-state index contributed by atoms with van der Waals surface area (Å²) in [6, 6.07) is 26.9. The first-order valence-corrected chi connectivity index (χ1v) is 13.5. The van der Waals surface area contributed by atoms with Gasteiger partial charge in [0, 0.05) is 23.2 Å². The Bertz CT molecular complexity index is 1250. The molecule has 0 N–H and O–H groups in total. The molecule has 2 amide bonds. The summed E-state index contributed by atoms with van der Waals surface area (Å²) in [5, 5.41) is 0. The minimum atomic E-state index is -0.242. The van der Waals surface area contributed by atoms with E-state index in [-0.39, 0.29) is 17.1 Å². The number of amides is 2. The molecule has 1 spiro atoms. The molecule has 3 aromatic carbocycles. The normalized spacial score (nSPS) is 23.3. The zero-order valence-electron chi connectivity index (χ0n) is 23.0. The standard InChI is InChI=1S/C32H39N3O3/c1-33(2)32(27-14-6-5-7-15-27)20-18-31(19-21-32)24-34(22-25-12-8-10-16-28(25)37-3)30(36)35(31)23-26-13-9-11-17-29(26)38-4/h5-17H,18-24H2,1-4H3/t31-,32-. The molecule has 0 radical (unpaired) electrons. The number of ether oxygens (including phenoxy) is 2. The molecule has 3 aromatic rings. The zero-order valence-corrected chi connectivity index (χ0v) is 23.0. The molecule has 0 atom stereocenters. The predicted molar refractivity (Wildman–Crippen MR) is 150 cm³/mol. The first kappa shape index (κ1) is 26.1. The minimum absolute atomic E-state index is 0.0399. The van der Waals surface area contributed by atoms with E-state index in [4.69, 9.17) is 9.47 Å². The third-order valence-electron chi connectivity index (χ3n) is 8.81. The molecule has 1 aliphatic heterocycles. The average molecular weight is 514 g/mol. The van der Waals surface area contributed by atoms with Crippen molar-refractivity contribution in [3.8, 4) is 11.5 Å². The molecule has 6 heteroatoms. The Morgan fingerprint density at radius 3 is 1.82 bits per heavy atom. The first-order chi connectivity index (χ1) is 18.4. The molecule has 5 rings (SSSR count). The summed E-state index contributed by atoms with van der Waals surface area (Å²) >= 11 is 0. The lowest BCUT2D eigenvalue weighted by Crippen LogP contribution is -2.55. The van der Waals surface area contributed by atoms with Gasteiger partial charge in [0.15, 0.2) is 0 Å². The molecule has 0 bridgehead atoms. The number of para-hydroxylation sites is 2. The summed E-state index contributed by atoms with van der Waals surface area (Å²) in [5.74, 6) is 1.64. The molecule has 1 saturated carbocycles. The van der Waals surface area contributed by atoms with Crippen molar-refractivity contribution in [3.05, 3.63) is 95.6 Å². The largest absolute Gasteiger partial charge is 0.496 e. The molecule has 1 heterocycles. The first-order valence-electron chi connectivity index (χ1n) is 13.5. The summed E-state index contributed by atoms with van der Waals surface area (Å²) in [4.78, 5) is 20.6. The van der Waals surface area contributed by atoms with Crippen molar-refractivity contribution in [2.45, 2.75) is 49.9 Å². The smallest absolute Gasteiger partial charge is 0.321 e. The topological polar surface area (TPSA) is 45.2 Å². The molecule has 6 nitrogen and oxygen atoms in total. The van der Waals surface area contributed by atoms with E-state index in [0.717, 1.165) is 48.3 Å². The number of carbonyl (C=O) groups excluding carboxylic acids is 1. The molecule has 1 aliphatic carbocycles. The van der Waals surface area contributed by atoms with Gasteiger partial charge >= 0.3 is 6.03 Å². The molecule has 2 fully saturated rings. The maximum absolute atomic E-state index is 14.1. The lowest BCUT2D eigenvalue weighted by atomic mass is 9.68. The van der Waals surface area contributed by atoms with E-state index in [9.17, 15) is 4.79 Å². The maximum atomic E-state index is 14.1. The Hall–Kier alpha value is -3.51. The van der Waals surface area contributed by atoms with E-state index < -0.39 is 0 Å². The van der Waals surface area contributed by atoms with Gasteiger partial charge in [0.25, 0.3) is 0 Å². The van der Waals surface area contributed by atoms with Crippen LogP contribution in [0.3, 0.4) is 0 Å². The minimum Gasteiger partial charge on any atom is -0.496 e. The molecular weight excluding hydrogens is 474 g/mol. The predicted octanol–water partition coefficient (Wildman–Crippen LogP) is 5.91. The molecule has 38 heavy (non-hydrogen) atoms. The van der Waals surface area contributed by atoms with Gasteiger partial charge in [-0.2, -0.15) is 0 Å². The van der Waals surface area contributed by atoms with Gasteiger partial charge in [-0.15, -0.1) is 0 Å². The van der Waals surface area contributed by atoms with Gasteiger partial charge in [0.1, 0.15) is 11.5 Å². The number of benzene rings is 3. The van der Waals surface area contributed by atoms with Crippen LogP contribution in [0.15, 0.2) is 78.9 Å².